The average Bonchev–Trinajstić information content (AvgIpc) is 2.97. The second-order valence-electron chi connectivity index (χ2n) is 6.35. The number of hydrogen-bond donors (Lipinski definition) is 1. The van der Waals surface area contributed by atoms with Crippen LogP contribution in [0.1, 0.15) is 37.7 Å². The largest absolute Gasteiger partial charge is 0.317 e. The van der Waals surface area contributed by atoms with Gasteiger partial charge in [0.2, 0.25) is 0 Å². The van der Waals surface area contributed by atoms with Crippen LogP contribution in [-0.4, -0.2) is 37.1 Å². The molecule has 0 saturated carbocycles. The second-order valence-corrected chi connectivity index (χ2v) is 7.13. The van der Waals surface area contributed by atoms with Gasteiger partial charge >= 0.3 is 0 Å². The molecule has 2 aliphatic rings. The van der Waals surface area contributed by atoms with Gasteiger partial charge in [0, 0.05) is 18.1 Å². The minimum atomic E-state index is 0.705. The van der Waals surface area contributed by atoms with Crippen molar-refractivity contribution in [2.24, 2.45) is 5.92 Å². The van der Waals surface area contributed by atoms with E-state index in [0.29, 0.717) is 6.04 Å². The summed E-state index contributed by atoms with van der Waals surface area (Å²) in [6.45, 7) is 0. The molecule has 3 heteroatoms. The van der Waals surface area contributed by atoms with Crippen molar-refractivity contribution in [2.45, 2.75) is 56.7 Å². The van der Waals surface area contributed by atoms with E-state index in [9.17, 15) is 0 Å². The SMILES string of the molecule is CNC(CCc1ccsc1)C1CC2CCC(C1)N2C. The molecule has 19 heavy (non-hydrogen) atoms. The Kier molecular flexibility index (Phi) is 4.25. The fourth-order valence-corrected chi connectivity index (χ4v) is 4.86. The Hall–Kier alpha value is -0.380. The molecule has 1 aromatic heterocycles. The van der Waals surface area contributed by atoms with Gasteiger partial charge in [-0.2, -0.15) is 11.3 Å². The van der Waals surface area contributed by atoms with Gasteiger partial charge in [-0.3, -0.25) is 0 Å². The number of thiophene rings is 1. The Labute approximate surface area is 121 Å². The van der Waals surface area contributed by atoms with Gasteiger partial charge in [0.1, 0.15) is 0 Å². The van der Waals surface area contributed by atoms with E-state index in [4.69, 9.17) is 0 Å². The van der Waals surface area contributed by atoms with Crippen LogP contribution in [0, 0.1) is 5.92 Å². The molecule has 2 fully saturated rings. The van der Waals surface area contributed by atoms with Crippen molar-refractivity contribution in [3.8, 4) is 0 Å². The number of fused-ring (bicyclic) bond motifs is 2. The van der Waals surface area contributed by atoms with Gasteiger partial charge < -0.3 is 10.2 Å². The van der Waals surface area contributed by atoms with Crippen molar-refractivity contribution < 1.29 is 0 Å². The highest BCUT2D eigenvalue weighted by atomic mass is 32.1. The van der Waals surface area contributed by atoms with Crippen LogP contribution in [0.2, 0.25) is 0 Å². The van der Waals surface area contributed by atoms with Crippen LogP contribution in [0.25, 0.3) is 0 Å². The van der Waals surface area contributed by atoms with Crippen molar-refractivity contribution in [1.29, 1.82) is 0 Å². The summed E-state index contributed by atoms with van der Waals surface area (Å²) in [5.41, 5.74) is 1.51. The van der Waals surface area contributed by atoms with E-state index < -0.39 is 0 Å². The maximum atomic E-state index is 3.60. The Morgan fingerprint density at radius 1 is 1.37 bits per heavy atom. The molecule has 3 heterocycles. The minimum Gasteiger partial charge on any atom is -0.317 e. The zero-order valence-electron chi connectivity index (χ0n) is 12.1. The molecule has 106 valence electrons. The van der Waals surface area contributed by atoms with Gasteiger partial charge in [-0.1, -0.05) is 0 Å². The summed E-state index contributed by atoms with van der Waals surface area (Å²) in [5, 5.41) is 8.09. The Morgan fingerprint density at radius 3 is 2.68 bits per heavy atom. The number of aryl methyl sites for hydroxylation is 1. The summed E-state index contributed by atoms with van der Waals surface area (Å²) in [6, 6.07) is 4.70. The second kappa shape index (κ2) is 5.94. The molecular formula is C16H26N2S. The third kappa shape index (κ3) is 2.88. The van der Waals surface area contributed by atoms with Crippen LogP contribution in [-0.2, 0) is 6.42 Å². The van der Waals surface area contributed by atoms with Gasteiger partial charge in [-0.05, 0) is 80.9 Å². The standard InChI is InChI=1S/C16H26N2S/c1-17-16(6-3-12-7-8-19-11-12)13-9-14-4-5-15(10-13)18(14)2/h7-8,11,13-17H,3-6,9-10H2,1-2H3. The van der Waals surface area contributed by atoms with Gasteiger partial charge in [0.25, 0.3) is 0 Å². The summed E-state index contributed by atoms with van der Waals surface area (Å²) in [4.78, 5) is 2.64. The van der Waals surface area contributed by atoms with Crippen LogP contribution in [0.3, 0.4) is 0 Å². The van der Waals surface area contributed by atoms with E-state index in [-0.39, 0.29) is 0 Å². The third-order valence-corrected chi connectivity index (χ3v) is 6.13. The molecule has 0 aromatic carbocycles. The van der Waals surface area contributed by atoms with Crippen molar-refractivity contribution in [1.82, 2.24) is 10.2 Å². The van der Waals surface area contributed by atoms with Gasteiger partial charge in [0.05, 0.1) is 0 Å². The molecule has 0 aliphatic carbocycles. The molecule has 3 rings (SSSR count). The molecule has 1 aromatic rings. The normalized spacial score (nSPS) is 32.6. The van der Waals surface area contributed by atoms with Crippen LogP contribution < -0.4 is 5.32 Å². The van der Waals surface area contributed by atoms with E-state index in [1.807, 2.05) is 11.3 Å². The molecule has 2 aliphatic heterocycles. The third-order valence-electron chi connectivity index (χ3n) is 5.40. The fourth-order valence-electron chi connectivity index (χ4n) is 4.15. The van der Waals surface area contributed by atoms with Crippen LogP contribution in [0.5, 0.6) is 0 Å². The van der Waals surface area contributed by atoms with E-state index in [1.165, 1.54) is 44.1 Å². The monoisotopic (exact) mass is 278 g/mol. The first kappa shape index (κ1) is 13.6. The zero-order chi connectivity index (χ0) is 13.2. The molecule has 2 bridgehead atoms. The van der Waals surface area contributed by atoms with Crippen molar-refractivity contribution in [3.05, 3.63) is 22.4 Å². The fraction of sp³-hybridized carbons (Fsp3) is 0.750. The highest BCUT2D eigenvalue weighted by molar-refractivity contribution is 7.07. The lowest BCUT2D eigenvalue weighted by molar-refractivity contribution is 0.112. The van der Waals surface area contributed by atoms with Gasteiger partial charge in [0.15, 0.2) is 0 Å². The first-order valence-electron chi connectivity index (χ1n) is 7.68. The predicted molar refractivity (Wildman–Crippen MR) is 82.8 cm³/mol. The average molecular weight is 278 g/mol. The van der Waals surface area contributed by atoms with E-state index in [1.54, 1.807) is 0 Å². The summed E-state index contributed by atoms with van der Waals surface area (Å²) in [6.07, 6.45) is 8.19. The zero-order valence-corrected chi connectivity index (χ0v) is 13.0. The molecule has 2 nitrogen and oxygen atoms in total. The smallest absolute Gasteiger partial charge is 0.00989 e. The number of nitrogens with one attached hydrogen (secondary N) is 1. The summed E-state index contributed by atoms with van der Waals surface area (Å²) < 4.78 is 0. The first-order valence-corrected chi connectivity index (χ1v) is 8.62. The Bertz CT molecular complexity index is 375. The summed E-state index contributed by atoms with van der Waals surface area (Å²) in [5.74, 6) is 0.886. The molecule has 2 saturated heterocycles. The number of rotatable bonds is 5. The molecule has 1 N–H and O–H groups in total. The molecule has 3 atom stereocenters. The summed E-state index contributed by atoms with van der Waals surface area (Å²) >= 11 is 1.82. The molecule has 0 amide bonds. The lowest BCUT2D eigenvalue weighted by Gasteiger charge is -2.40. The Balaban J connectivity index is 1.57. The van der Waals surface area contributed by atoms with Crippen LogP contribution >= 0.6 is 11.3 Å². The number of piperidine rings is 1. The predicted octanol–water partition coefficient (Wildman–Crippen LogP) is 3.14. The summed E-state index contributed by atoms with van der Waals surface area (Å²) in [7, 11) is 4.48. The molecule has 0 radical (unpaired) electrons. The lowest BCUT2D eigenvalue weighted by atomic mass is 9.83. The topological polar surface area (TPSA) is 15.3 Å². The maximum Gasteiger partial charge on any atom is 0.00989 e. The van der Waals surface area contributed by atoms with E-state index in [2.05, 4.69) is 41.1 Å². The minimum absolute atomic E-state index is 0.705. The van der Waals surface area contributed by atoms with Gasteiger partial charge in [-0.25, -0.2) is 0 Å². The van der Waals surface area contributed by atoms with Crippen LogP contribution in [0.15, 0.2) is 16.8 Å². The molecule has 0 spiro atoms. The van der Waals surface area contributed by atoms with Crippen molar-refractivity contribution >= 4 is 11.3 Å². The van der Waals surface area contributed by atoms with E-state index in [0.717, 1.165) is 18.0 Å². The highest BCUT2D eigenvalue weighted by Crippen LogP contribution is 2.39. The number of hydrogen-bond acceptors (Lipinski definition) is 3. The number of nitrogens with zero attached hydrogens (tertiary/aromatic N) is 1. The lowest BCUT2D eigenvalue weighted by Crippen LogP contribution is -2.46. The van der Waals surface area contributed by atoms with E-state index >= 15 is 0 Å². The Morgan fingerprint density at radius 2 is 2.11 bits per heavy atom. The van der Waals surface area contributed by atoms with Crippen molar-refractivity contribution in [2.75, 3.05) is 14.1 Å². The van der Waals surface area contributed by atoms with Crippen molar-refractivity contribution in [3.63, 3.8) is 0 Å². The van der Waals surface area contributed by atoms with Gasteiger partial charge in [-0.15, -0.1) is 0 Å². The van der Waals surface area contributed by atoms with Crippen LogP contribution in [0.4, 0.5) is 0 Å². The maximum absolute atomic E-state index is 3.60. The highest BCUT2D eigenvalue weighted by Gasteiger charge is 2.40. The molecule has 3 unspecified atom stereocenters. The quantitative estimate of drug-likeness (QED) is 0.890. The molecular weight excluding hydrogens is 252 g/mol. The first-order chi connectivity index (χ1) is 9.28.